The van der Waals surface area contributed by atoms with Gasteiger partial charge in [-0.05, 0) is 52.2 Å². The van der Waals surface area contributed by atoms with Gasteiger partial charge in [0.1, 0.15) is 0 Å². The van der Waals surface area contributed by atoms with Crippen LogP contribution in [0.15, 0.2) is 29.4 Å². The lowest BCUT2D eigenvalue weighted by molar-refractivity contribution is -0.136. The van der Waals surface area contributed by atoms with E-state index in [9.17, 15) is 4.79 Å². The summed E-state index contributed by atoms with van der Waals surface area (Å²) >= 11 is 6.13. The van der Waals surface area contributed by atoms with Crippen LogP contribution in [-0.2, 0) is 9.53 Å². The van der Waals surface area contributed by atoms with E-state index in [4.69, 9.17) is 16.3 Å². The number of esters is 1. The number of carbonyl (C=O) groups excluding carboxylic acids is 1. The van der Waals surface area contributed by atoms with Gasteiger partial charge in [0.2, 0.25) is 5.84 Å². The molecule has 5 nitrogen and oxygen atoms in total. The normalized spacial score (nSPS) is 21.9. The molecule has 1 aromatic carbocycles. The van der Waals surface area contributed by atoms with E-state index in [-0.39, 0.29) is 12.1 Å². The summed E-state index contributed by atoms with van der Waals surface area (Å²) in [6, 6.07) is 7.79. The minimum atomic E-state index is -0.410. The van der Waals surface area contributed by atoms with Crippen molar-refractivity contribution in [3.05, 3.63) is 29.3 Å². The predicted molar refractivity (Wildman–Crippen MR) is 93.8 cm³/mol. The topological polar surface area (TPSA) is 53.9 Å². The molecule has 0 bridgehead atoms. The first-order valence-corrected chi connectivity index (χ1v) is 8.46. The van der Waals surface area contributed by atoms with Crippen molar-refractivity contribution in [3.8, 4) is 0 Å². The third kappa shape index (κ3) is 4.38. The van der Waals surface area contributed by atoms with Gasteiger partial charge in [0.25, 0.3) is 0 Å². The number of carbonyl (C=O) groups is 1. The number of rotatable bonds is 3. The Morgan fingerprint density at radius 1 is 1.35 bits per heavy atom. The molecule has 1 aliphatic heterocycles. The van der Waals surface area contributed by atoms with Crippen molar-refractivity contribution in [2.75, 3.05) is 12.0 Å². The van der Waals surface area contributed by atoms with Crippen molar-refractivity contribution in [1.82, 2.24) is 4.90 Å². The molecule has 126 valence electrons. The molecule has 0 saturated carbocycles. The van der Waals surface area contributed by atoms with E-state index in [0.717, 1.165) is 19.3 Å². The van der Waals surface area contributed by atoms with Crippen LogP contribution < -0.4 is 5.43 Å². The van der Waals surface area contributed by atoms with Crippen LogP contribution in [0.3, 0.4) is 0 Å². The molecule has 0 amide bonds. The largest absolute Gasteiger partial charge is 0.460 e. The van der Waals surface area contributed by atoms with E-state index in [1.807, 2.05) is 23.1 Å². The Kier molecular flexibility index (Phi) is 6.28. The van der Waals surface area contributed by atoms with E-state index in [1.54, 1.807) is 13.0 Å². The molecule has 0 aliphatic carbocycles. The van der Waals surface area contributed by atoms with Crippen molar-refractivity contribution < 1.29 is 9.53 Å². The molecule has 23 heavy (non-hydrogen) atoms. The minimum absolute atomic E-state index is 0.245. The highest BCUT2D eigenvalue weighted by atomic mass is 35.5. The molecular formula is C17H24ClN3O2. The molecule has 1 aliphatic rings. The Labute approximate surface area is 142 Å². The average molecular weight is 338 g/mol. The minimum Gasteiger partial charge on any atom is -0.460 e. The Bertz CT molecular complexity index is 567. The third-order valence-electron chi connectivity index (χ3n) is 4.05. The van der Waals surface area contributed by atoms with Gasteiger partial charge in [0.05, 0.1) is 17.3 Å². The SMILES string of the molecule is CCOC(=O)/C(=N/Nc1ccccc1Cl)N1C(C)CCCC1C. The van der Waals surface area contributed by atoms with Gasteiger partial charge in [-0.25, -0.2) is 4.79 Å². The number of hydrazone groups is 1. The Morgan fingerprint density at radius 2 is 2.00 bits per heavy atom. The number of para-hydroxylation sites is 1. The first-order valence-electron chi connectivity index (χ1n) is 8.08. The van der Waals surface area contributed by atoms with Gasteiger partial charge in [0, 0.05) is 12.1 Å². The molecule has 2 rings (SSSR count). The van der Waals surface area contributed by atoms with E-state index in [1.165, 1.54) is 0 Å². The molecule has 6 heteroatoms. The average Bonchev–Trinajstić information content (AvgIpc) is 2.51. The second-order valence-electron chi connectivity index (χ2n) is 5.78. The van der Waals surface area contributed by atoms with Crippen LogP contribution in [0.5, 0.6) is 0 Å². The molecule has 0 radical (unpaired) electrons. The smallest absolute Gasteiger partial charge is 0.376 e. The highest BCUT2D eigenvalue weighted by Crippen LogP contribution is 2.24. The maximum absolute atomic E-state index is 12.4. The quantitative estimate of drug-likeness (QED) is 0.393. The predicted octanol–water partition coefficient (Wildman–Crippen LogP) is 3.89. The van der Waals surface area contributed by atoms with Crippen LogP contribution >= 0.6 is 11.6 Å². The zero-order valence-electron chi connectivity index (χ0n) is 13.9. The lowest BCUT2D eigenvalue weighted by atomic mass is 9.97. The van der Waals surface area contributed by atoms with Gasteiger partial charge in [-0.15, -0.1) is 5.10 Å². The van der Waals surface area contributed by atoms with Crippen LogP contribution in [0.4, 0.5) is 5.69 Å². The van der Waals surface area contributed by atoms with Crippen molar-refractivity contribution in [1.29, 1.82) is 0 Å². The Balaban J connectivity index is 2.28. The van der Waals surface area contributed by atoms with Gasteiger partial charge in [0.15, 0.2) is 0 Å². The maximum atomic E-state index is 12.4. The van der Waals surface area contributed by atoms with Crippen LogP contribution in [0, 0.1) is 0 Å². The molecule has 1 saturated heterocycles. The fourth-order valence-electron chi connectivity index (χ4n) is 2.91. The third-order valence-corrected chi connectivity index (χ3v) is 4.38. The number of benzene rings is 1. The molecule has 1 fully saturated rings. The number of amidine groups is 1. The van der Waals surface area contributed by atoms with Gasteiger partial charge < -0.3 is 9.64 Å². The van der Waals surface area contributed by atoms with E-state index >= 15 is 0 Å². The van der Waals surface area contributed by atoms with Crippen LogP contribution in [0.1, 0.15) is 40.0 Å². The highest BCUT2D eigenvalue weighted by molar-refractivity contribution is 6.36. The van der Waals surface area contributed by atoms with Crippen molar-refractivity contribution in [2.45, 2.75) is 52.1 Å². The standard InChI is InChI=1S/C17H24ClN3O2/c1-4-23-17(22)16(21-12(2)8-7-9-13(21)3)20-19-15-11-6-5-10-14(15)18/h5-6,10-13,19H,4,7-9H2,1-3H3/b20-16-. The van der Waals surface area contributed by atoms with Crippen LogP contribution in [-0.4, -0.2) is 35.4 Å². The summed E-state index contributed by atoms with van der Waals surface area (Å²) in [6.45, 7) is 6.33. The molecule has 2 atom stereocenters. The molecule has 2 unspecified atom stereocenters. The first-order chi connectivity index (χ1) is 11.0. The summed E-state index contributed by atoms with van der Waals surface area (Å²) in [5, 5.41) is 4.89. The number of piperidine rings is 1. The first kappa shape index (κ1) is 17.6. The van der Waals surface area contributed by atoms with Crippen molar-refractivity contribution in [3.63, 3.8) is 0 Å². The highest BCUT2D eigenvalue weighted by Gasteiger charge is 2.32. The fraction of sp³-hybridized carbons (Fsp3) is 0.529. The molecule has 1 heterocycles. The van der Waals surface area contributed by atoms with Gasteiger partial charge in [-0.2, -0.15) is 0 Å². The fourth-order valence-corrected chi connectivity index (χ4v) is 3.09. The zero-order valence-corrected chi connectivity index (χ0v) is 14.6. The number of hydrogen-bond donors (Lipinski definition) is 1. The second kappa shape index (κ2) is 8.20. The van der Waals surface area contributed by atoms with Gasteiger partial charge in [-0.1, -0.05) is 23.7 Å². The maximum Gasteiger partial charge on any atom is 0.376 e. The number of nitrogens with one attached hydrogen (secondary N) is 1. The summed E-state index contributed by atoms with van der Waals surface area (Å²) < 4.78 is 5.19. The molecule has 1 aromatic rings. The van der Waals surface area contributed by atoms with Crippen LogP contribution in [0.2, 0.25) is 5.02 Å². The monoisotopic (exact) mass is 337 g/mol. The summed E-state index contributed by atoms with van der Waals surface area (Å²) in [5.74, 6) is -0.0980. The van der Waals surface area contributed by atoms with Gasteiger partial charge >= 0.3 is 5.97 Å². The lowest BCUT2D eigenvalue weighted by Gasteiger charge is -2.40. The second-order valence-corrected chi connectivity index (χ2v) is 6.19. The van der Waals surface area contributed by atoms with Gasteiger partial charge in [-0.3, -0.25) is 5.43 Å². The molecule has 0 aromatic heterocycles. The number of nitrogens with zero attached hydrogens (tertiary/aromatic N) is 2. The summed E-state index contributed by atoms with van der Waals surface area (Å²) in [4.78, 5) is 14.4. The Morgan fingerprint density at radius 3 is 2.61 bits per heavy atom. The number of likely N-dealkylation sites (tertiary alicyclic amines) is 1. The molecule has 1 N–H and O–H groups in total. The van der Waals surface area contributed by atoms with E-state index in [0.29, 0.717) is 23.2 Å². The number of halogens is 1. The van der Waals surface area contributed by atoms with E-state index < -0.39 is 5.97 Å². The summed E-state index contributed by atoms with van der Waals surface area (Å²) in [6.07, 6.45) is 3.23. The van der Waals surface area contributed by atoms with Crippen molar-refractivity contribution >= 4 is 29.1 Å². The Hall–Kier alpha value is -1.75. The summed E-state index contributed by atoms with van der Waals surface area (Å²) in [7, 11) is 0. The number of hydrogen-bond acceptors (Lipinski definition) is 4. The van der Waals surface area contributed by atoms with Crippen LogP contribution in [0.25, 0.3) is 0 Å². The van der Waals surface area contributed by atoms with Crippen molar-refractivity contribution in [2.24, 2.45) is 5.10 Å². The lowest BCUT2D eigenvalue weighted by Crippen LogP contribution is -2.51. The molecule has 0 spiro atoms. The number of ether oxygens (including phenoxy) is 1. The van der Waals surface area contributed by atoms with E-state index in [2.05, 4.69) is 24.4 Å². The zero-order chi connectivity index (χ0) is 16.8. The molecular weight excluding hydrogens is 314 g/mol. The summed E-state index contributed by atoms with van der Waals surface area (Å²) in [5.41, 5.74) is 3.56. The number of anilines is 1.